The molecular formula is C21H30N4O. The fourth-order valence-corrected chi connectivity index (χ4v) is 2.96. The summed E-state index contributed by atoms with van der Waals surface area (Å²) in [6.45, 7) is 12.2. The number of benzene rings is 1. The van der Waals surface area contributed by atoms with Gasteiger partial charge in [0.2, 0.25) is 5.95 Å². The molecule has 5 nitrogen and oxygen atoms in total. The third-order valence-electron chi connectivity index (χ3n) is 4.18. The lowest BCUT2D eigenvalue weighted by molar-refractivity contribution is 0.102. The molecule has 0 radical (unpaired) electrons. The van der Waals surface area contributed by atoms with Gasteiger partial charge >= 0.3 is 0 Å². The van der Waals surface area contributed by atoms with Gasteiger partial charge in [0.15, 0.2) is 0 Å². The van der Waals surface area contributed by atoms with Crippen LogP contribution < -0.4 is 10.2 Å². The minimum Gasteiger partial charge on any atom is -0.341 e. The van der Waals surface area contributed by atoms with Gasteiger partial charge in [0.1, 0.15) is 5.69 Å². The van der Waals surface area contributed by atoms with E-state index in [1.165, 1.54) is 0 Å². The highest BCUT2D eigenvalue weighted by atomic mass is 16.1. The van der Waals surface area contributed by atoms with Crippen LogP contribution in [0.2, 0.25) is 0 Å². The molecule has 1 amide bonds. The van der Waals surface area contributed by atoms with Crippen LogP contribution in [0.25, 0.3) is 0 Å². The Balaban J connectivity index is 2.29. The fourth-order valence-electron chi connectivity index (χ4n) is 2.96. The number of para-hydroxylation sites is 1. The van der Waals surface area contributed by atoms with Gasteiger partial charge in [-0.15, -0.1) is 0 Å². The lowest BCUT2D eigenvalue weighted by atomic mass is 10.0. The molecule has 0 fully saturated rings. The van der Waals surface area contributed by atoms with E-state index >= 15 is 0 Å². The Morgan fingerprint density at radius 3 is 2.38 bits per heavy atom. The second-order valence-corrected chi connectivity index (χ2v) is 6.88. The van der Waals surface area contributed by atoms with Crippen LogP contribution in [0.5, 0.6) is 0 Å². The van der Waals surface area contributed by atoms with Crippen molar-refractivity contribution in [1.29, 1.82) is 0 Å². The molecule has 5 heteroatoms. The SMILES string of the molecule is CCCN(CCC)c1nc(C)cc(C(=O)Nc2ccccc2C(C)C)n1. The van der Waals surface area contributed by atoms with Gasteiger partial charge < -0.3 is 10.2 Å². The van der Waals surface area contributed by atoms with Crippen molar-refractivity contribution in [2.24, 2.45) is 0 Å². The Hall–Kier alpha value is -2.43. The number of hydrogen-bond donors (Lipinski definition) is 1. The van der Waals surface area contributed by atoms with Crippen LogP contribution in [0.1, 0.15) is 68.2 Å². The Morgan fingerprint density at radius 2 is 1.77 bits per heavy atom. The van der Waals surface area contributed by atoms with Gasteiger partial charge in [0.05, 0.1) is 0 Å². The molecule has 26 heavy (non-hydrogen) atoms. The normalized spacial score (nSPS) is 10.8. The first kappa shape index (κ1) is 19.9. The predicted octanol–water partition coefficient (Wildman–Crippen LogP) is 4.79. The molecule has 0 saturated heterocycles. The van der Waals surface area contributed by atoms with Gasteiger partial charge in [-0.05, 0) is 43.4 Å². The largest absolute Gasteiger partial charge is 0.341 e. The molecule has 0 saturated carbocycles. The summed E-state index contributed by atoms with van der Waals surface area (Å²) in [6.07, 6.45) is 2.03. The smallest absolute Gasteiger partial charge is 0.274 e. The molecule has 1 aromatic heterocycles. The molecular weight excluding hydrogens is 324 g/mol. The summed E-state index contributed by atoms with van der Waals surface area (Å²) in [7, 11) is 0. The topological polar surface area (TPSA) is 58.1 Å². The number of anilines is 2. The highest BCUT2D eigenvalue weighted by Gasteiger charge is 2.16. The van der Waals surface area contributed by atoms with Gasteiger partial charge in [-0.25, -0.2) is 9.97 Å². The van der Waals surface area contributed by atoms with Gasteiger partial charge in [-0.2, -0.15) is 0 Å². The number of aromatic nitrogens is 2. The van der Waals surface area contributed by atoms with E-state index in [9.17, 15) is 4.79 Å². The summed E-state index contributed by atoms with van der Waals surface area (Å²) in [5, 5.41) is 3.02. The molecule has 140 valence electrons. The van der Waals surface area contributed by atoms with Gasteiger partial charge in [-0.1, -0.05) is 45.9 Å². The average molecular weight is 354 g/mol. The van der Waals surface area contributed by atoms with Gasteiger partial charge in [0, 0.05) is 24.5 Å². The van der Waals surface area contributed by atoms with E-state index in [0.29, 0.717) is 17.6 Å². The van der Waals surface area contributed by atoms with Crippen molar-refractivity contribution >= 4 is 17.5 Å². The first-order chi connectivity index (χ1) is 12.5. The summed E-state index contributed by atoms with van der Waals surface area (Å²) < 4.78 is 0. The summed E-state index contributed by atoms with van der Waals surface area (Å²) in [6, 6.07) is 9.64. The van der Waals surface area contributed by atoms with Gasteiger partial charge in [-0.3, -0.25) is 4.79 Å². The zero-order valence-corrected chi connectivity index (χ0v) is 16.5. The zero-order chi connectivity index (χ0) is 19.1. The van der Waals surface area contributed by atoms with Crippen molar-refractivity contribution in [2.45, 2.75) is 53.4 Å². The molecule has 0 aliphatic heterocycles. The molecule has 0 aliphatic carbocycles. The van der Waals surface area contributed by atoms with E-state index < -0.39 is 0 Å². The number of amides is 1. The van der Waals surface area contributed by atoms with Crippen LogP contribution in [0.15, 0.2) is 30.3 Å². The first-order valence-electron chi connectivity index (χ1n) is 9.47. The van der Waals surface area contributed by atoms with E-state index in [0.717, 1.165) is 42.9 Å². The monoisotopic (exact) mass is 354 g/mol. The van der Waals surface area contributed by atoms with E-state index in [4.69, 9.17) is 0 Å². The molecule has 0 bridgehead atoms. The highest BCUT2D eigenvalue weighted by Crippen LogP contribution is 2.24. The van der Waals surface area contributed by atoms with E-state index in [1.807, 2.05) is 31.2 Å². The zero-order valence-electron chi connectivity index (χ0n) is 16.5. The maximum absolute atomic E-state index is 12.8. The Bertz CT molecular complexity index is 737. The van der Waals surface area contributed by atoms with Crippen LogP contribution in [0.3, 0.4) is 0 Å². The molecule has 0 unspecified atom stereocenters. The lowest BCUT2D eigenvalue weighted by Gasteiger charge is -2.22. The minimum absolute atomic E-state index is 0.196. The highest BCUT2D eigenvalue weighted by molar-refractivity contribution is 6.03. The second kappa shape index (κ2) is 9.32. The van der Waals surface area contributed by atoms with Gasteiger partial charge in [0.25, 0.3) is 5.91 Å². The Morgan fingerprint density at radius 1 is 1.12 bits per heavy atom. The predicted molar refractivity (Wildman–Crippen MR) is 108 cm³/mol. The van der Waals surface area contributed by atoms with E-state index in [1.54, 1.807) is 6.07 Å². The first-order valence-corrected chi connectivity index (χ1v) is 9.47. The average Bonchev–Trinajstić information content (AvgIpc) is 2.61. The molecule has 0 atom stereocenters. The molecule has 2 aromatic rings. The number of carbonyl (C=O) groups excluding carboxylic acids is 1. The Kier molecular flexibility index (Phi) is 7.13. The molecule has 1 N–H and O–H groups in total. The summed E-state index contributed by atoms with van der Waals surface area (Å²) in [5.74, 6) is 0.771. The van der Waals surface area contributed by atoms with E-state index in [-0.39, 0.29) is 5.91 Å². The Labute approximate surface area is 156 Å². The number of rotatable bonds is 8. The van der Waals surface area contributed by atoms with Crippen molar-refractivity contribution in [1.82, 2.24) is 9.97 Å². The number of nitrogens with zero attached hydrogens (tertiary/aromatic N) is 3. The van der Waals surface area contributed by atoms with Crippen molar-refractivity contribution in [2.75, 3.05) is 23.3 Å². The minimum atomic E-state index is -0.196. The van der Waals surface area contributed by atoms with Crippen LogP contribution in [0, 0.1) is 6.92 Å². The molecule has 0 spiro atoms. The fraction of sp³-hybridized carbons (Fsp3) is 0.476. The maximum Gasteiger partial charge on any atom is 0.274 e. The number of aryl methyl sites for hydroxylation is 1. The number of hydrogen-bond acceptors (Lipinski definition) is 4. The quantitative estimate of drug-likeness (QED) is 0.740. The van der Waals surface area contributed by atoms with Crippen LogP contribution >= 0.6 is 0 Å². The second-order valence-electron chi connectivity index (χ2n) is 6.88. The third kappa shape index (κ3) is 5.04. The summed E-state index contributed by atoms with van der Waals surface area (Å²) in [5.41, 5.74) is 3.16. The number of nitrogens with one attached hydrogen (secondary N) is 1. The van der Waals surface area contributed by atoms with Crippen LogP contribution in [-0.2, 0) is 0 Å². The molecule has 1 aromatic carbocycles. The van der Waals surface area contributed by atoms with Crippen molar-refractivity contribution in [3.8, 4) is 0 Å². The van der Waals surface area contributed by atoms with Crippen LogP contribution in [0.4, 0.5) is 11.6 Å². The lowest BCUT2D eigenvalue weighted by Crippen LogP contribution is -2.28. The molecule has 2 rings (SSSR count). The molecule has 1 heterocycles. The number of carbonyl (C=O) groups is 1. The maximum atomic E-state index is 12.8. The summed E-state index contributed by atoms with van der Waals surface area (Å²) in [4.78, 5) is 24.0. The molecule has 0 aliphatic rings. The van der Waals surface area contributed by atoms with E-state index in [2.05, 4.69) is 47.9 Å². The summed E-state index contributed by atoms with van der Waals surface area (Å²) >= 11 is 0. The standard InChI is InChI=1S/C21H30N4O/c1-6-12-25(13-7-2)21-22-16(5)14-19(24-21)20(26)23-18-11-9-8-10-17(18)15(3)4/h8-11,14-15H,6-7,12-13H2,1-5H3,(H,23,26). The third-order valence-corrected chi connectivity index (χ3v) is 4.18. The van der Waals surface area contributed by atoms with Crippen LogP contribution in [-0.4, -0.2) is 29.0 Å². The van der Waals surface area contributed by atoms with Crippen molar-refractivity contribution in [3.05, 3.63) is 47.3 Å². The van der Waals surface area contributed by atoms with Crippen molar-refractivity contribution in [3.63, 3.8) is 0 Å². The van der Waals surface area contributed by atoms with Crippen molar-refractivity contribution < 1.29 is 4.79 Å².